The van der Waals surface area contributed by atoms with Crippen molar-refractivity contribution < 1.29 is 8.42 Å². The van der Waals surface area contributed by atoms with Crippen molar-refractivity contribution >= 4 is 49.2 Å². The number of hydrogen-bond donors (Lipinski definition) is 0. The van der Waals surface area contributed by atoms with Crippen LogP contribution in [0.4, 0.5) is 0 Å². The van der Waals surface area contributed by atoms with Gasteiger partial charge >= 0.3 is 0 Å². The number of pyridine rings is 1. The first-order chi connectivity index (χ1) is 9.80. The quantitative estimate of drug-likeness (QED) is 0.717. The van der Waals surface area contributed by atoms with Crippen LogP contribution in [-0.2, 0) is 16.6 Å². The topological polar surface area (TPSA) is 50.3 Å². The van der Waals surface area contributed by atoms with Crippen LogP contribution in [0.15, 0.2) is 45.9 Å². The number of benzene rings is 1. The molecule has 0 bridgehead atoms. The summed E-state index contributed by atoms with van der Waals surface area (Å²) in [6.45, 7) is 0.246. The summed E-state index contributed by atoms with van der Waals surface area (Å²) in [5.41, 5.74) is 0.872. The van der Waals surface area contributed by atoms with Gasteiger partial charge in [-0.2, -0.15) is 4.31 Å². The van der Waals surface area contributed by atoms with E-state index in [-0.39, 0.29) is 21.6 Å². The predicted octanol–water partition coefficient (Wildman–Crippen LogP) is 3.97. The Morgan fingerprint density at radius 2 is 1.86 bits per heavy atom. The normalized spacial score (nSPS) is 11.9. The van der Waals surface area contributed by atoms with Gasteiger partial charge in [0.25, 0.3) is 0 Å². The van der Waals surface area contributed by atoms with E-state index in [2.05, 4.69) is 20.9 Å². The van der Waals surface area contributed by atoms with Gasteiger partial charge in [-0.15, -0.1) is 0 Å². The van der Waals surface area contributed by atoms with Crippen molar-refractivity contribution in [3.63, 3.8) is 0 Å². The smallest absolute Gasteiger partial charge is 0.242 e. The molecule has 4 nitrogen and oxygen atoms in total. The molecule has 0 saturated heterocycles. The lowest BCUT2D eigenvalue weighted by molar-refractivity contribution is 0.466. The van der Waals surface area contributed by atoms with Gasteiger partial charge in [-0.1, -0.05) is 51.3 Å². The highest BCUT2D eigenvalue weighted by atomic mass is 79.9. The van der Waals surface area contributed by atoms with Crippen LogP contribution in [0.2, 0.25) is 10.2 Å². The third kappa shape index (κ3) is 3.96. The summed E-state index contributed by atoms with van der Waals surface area (Å²) >= 11 is 14.9. The summed E-state index contributed by atoms with van der Waals surface area (Å²) in [4.78, 5) is 3.78. The minimum Gasteiger partial charge on any atom is -0.242 e. The molecule has 0 amide bonds. The highest BCUT2D eigenvalue weighted by Gasteiger charge is 2.22. The van der Waals surface area contributed by atoms with E-state index in [1.54, 1.807) is 0 Å². The van der Waals surface area contributed by atoms with Crippen molar-refractivity contribution in [2.24, 2.45) is 0 Å². The third-order valence-corrected chi connectivity index (χ3v) is 5.78. The molecule has 0 radical (unpaired) electrons. The number of nitrogens with zero attached hydrogens (tertiary/aromatic N) is 2. The van der Waals surface area contributed by atoms with E-state index in [0.717, 1.165) is 10.0 Å². The molecular formula is C13H11BrCl2N2O2S. The minimum atomic E-state index is -3.67. The van der Waals surface area contributed by atoms with Crippen molar-refractivity contribution in [1.29, 1.82) is 0 Å². The van der Waals surface area contributed by atoms with E-state index in [9.17, 15) is 8.42 Å². The predicted molar refractivity (Wildman–Crippen MR) is 87.1 cm³/mol. The van der Waals surface area contributed by atoms with Crippen molar-refractivity contribution in [2.45, 2.75) is 11.4 Å². The number of hydrogen-bond acceptors (Lipinski definition) is 3. The standard InChI is InChI=1S/C13H11BrCl2N2O2S/c1-18(8-9-2-4-10(14)5-3-9)21(19,20)11-6-12(15)13(16)17-7-11/h2-7H,8H2,1H3. The highest BCUT2D eigenvalue weighted by molar-refractivity contribution is 9.10. The summed E-state index contributed by atoms with van der Waals surface area (Å²) in [7, 11) is -2.17. The Morgan fingerprint density at radius 1 is 1.24 bits per heavy atom. The Balaban J connectivity index is 2.25. The monoisotopic (exact) mass is 408 g/mol. The lowest BCUT2D eigenvalue weighted by atomic mass is 10.2. The van der Waals surface area contributed by atoms with Gasteiger partial charge in [-0.05, 0) is 23.8 Å². The van der Waals surface area contributed by atoms with E-state index in [4.69, 9.17) is 23.2 Å². The van der Waals surface area contributed by atoms with Crippen molar-refractivity contribution in [3.8, 4) is 0 Å². The van der Waals surface area contributed by atoms with Crippen molar-refractivity contribution in [2.75, 3.05) is 7.05 Å². The lowest BCUT2D eigenvalue weighted by Crippen LogP contribution is -2.26. The molecule has 8 heteroatoms. The highest BCUT2D eigenvalue weighted by Crippen LogP contribution is 2.24. The maximum absolute atomic E-state index is 12.4. The fraction of sp³-hybridized carbons (Fsp3) is 0.154. The summed E-state index contributed by atoms with van der Waals surface area (Å²) in [5.74, 6) is 0. The molecule has 0 spiro atoms. The molecule has 0 aliphatic heterocycles. The van der Waals surface area contributed by atoms with E-state index in [1.807, 2.05) is 24.3 Å². The van der Waals surface area contributed by atoms with Gasteiger partial charge in [0.15, 0.2) is 0 Å². The molecule has 0 aliphatic rings. The molecule has 0 N–H and O–H groups in total. The van der Waals surface area contributed by atoms with Crippen LogP contribution in [0.3, 0.4) is 0 Å². The van der Waals surface area contributed by atoms with E-state index >= 15 is 0 Å². The number of rotatable bonds is 4. The molecule has 0 fully saturated rings. The molecule has 112 valence electrons. The SMILES string of the molecule is CN(Cc1ccc(Br)cc1)S(=O)(=O)c1cnc(Cl)c(Cl)c1. The van der Waals surface area contributed by atoms with Gasteiger partial charge in [0.05, 0.1) is 5.02 Å². The van der Waals surface area contributed by atoms with Crippen LogP contribution < -0.4 is 0 Å². The van der Waals surface area contributed by atoms with Gasteiger partial charge in [-0.3, -0.25) is 0 Å². The molecule has 0 unspecified atom stereocenters. The zero-order valence-electron chi connectivity index (χ0n) is 10.9. The maximum atomic E-state index is 12.4. The zero-order chi connectivity index (χ0) is 15.6. The maximum Gasteiger partial charge on any atom is 0.244 e. The molecule has 1 heterocycles. The van der Waals surface area contributed by atoms with Crippen LogP contribution in [0.25, 0.3) is 0 Å². The summed E-state index contributed by atoms with van der Waals surface area (Å²) in [6.07, 6.45) is 1.20. The minimum absolute atomic E-state index is 0.0107. The second-order valence-corrected chi connectivity index (χ2v) is 8.06. The molecule has 2 rings (SSSR count). The number of aromatic nitrogens is 1. The molecule has 2 aromatic rings. The van der Waals surface area contributed by atoms with Gasteiger partial charge < -0.3 is 0 Å². The van der Waals surface area contributed by atoms with Gasteiger partial charge in [0, 0.05) is 24.3 Å². The average Bonchev–Trinajstić information content (AvgIpc) is 2.44. The first kappa shape index (κ1) is 16.7. The van der Waals surface area contributed by atoms with Crippen LogP contribution in [-0.4, -0.2) is 24.8 Å². The fourth-order valence-electron chi connectivity index (χ4n) is 1.66. The Kier molecular flexibility index (Phi) is 5.27. The van der Waals surface area contributed by atoms with Crippen LogP contribution in [0, 0.1) is 0 Å². The van der Waals surface area contributed by atoms with Crippen LogP contribution in [0.5, 0.6) is 0 Å². The van der Waals surface area contributed by atoms with Crippen LogP contribution in [0.1, 0.15) is 5.56 Å². The summed E-state index contributed by atoms with van der Waals surface area (Å²) in [6, 6.07) is 8.71. The molecule has 0 atom stereocenters. The molecular weight excluding hydrogens is 399 g/mol. The van der Waals surface area contributed by atoms with Gasteiger partial charge in [0.2, 0.25) is 10.0 Å². The second kappa shape index (κ2) is 6.62. The zero-order valence-corrected chi connectivity index (χ0v) is 14.8. The fourth-order valence-corrected chi connectivity index (χ4v) is 3.39. The second-order valence-electron chi connectivity index (χ2n) is 4.33. The Bertz CT molecular complexity index is 751. The first-order valence-corrected chi connectivity index (χ1v) is 8.81. The molecule has 0 saturated carbocycles. The lowest BCUT2D eigenvalue weighted by Gasteiger charge is -2.17. The molecule has 0 aliphatic carbocycles. The largest absolute Gasteiger partial charge is 0.244 e. The Morgan fingerprint density at radius 3 is 2.43 bits per heavy atom. The third-order valence-electron chi connectivity index (χ3n) is 2.80. The number of halogens is 3. The van der Waals surface area contributed by atoms with Crippen LogP contribution >= 0.6 is 39.1 Å². The van der Waals surface area contributed by atoms with Gasteiger partial charge in [-0.25, -0.2) is 13.4 Å². The molecule has 1 aromatic heterocycles. The average molecular weight is 410 g/mol. The van der Waals surface area contributed by atoms with E-state index < -0.39 is 10.0 Å². The number of sulfonamides is 1. The first-order valence-electron chi connectivity index (χ1n) is 5.82. The van der Waals surface area contributed by atoms with E-state index in [1.165, 1.54) is 23.6 Å². The summed E-state index contributed by atoms with van der Waals surface area (Å²) in [5, 5.41) is 0.181. The Hall–Kier alpha value is -0.660. The Labute approximate surface area is 141 Å². The molecule has 21 heavy (non-hydrogen) atoms. The van der Waals surface area contributed by atoms with E-state index in [0.29, 0.717) is 0 Å². The van der Waals surface area contributed by atoms with Crippen molar-refractivity contribution in [3.05, 3.63) is 56.7 Å². The van der Waals surface area contributed by atoms with Gasteiger partial charge in [0.1, 0.15) is 10.0 Å². The molecule has 1 aromatic carbocycles. The van der Waals surface area contributed by atoms with Crippen molar-refractivity contribution in [1.82, 2.24) is 9.29 Å². The summed E-state index contributed by atoms with van der Waals surface area (Å²) < 4.78 is 27.1.